The van der Waals surface area contributed by atoms with Crippen molar-refractivity contribution in [3.63, 3.8) is 0 Å². The molecule has 8 heteroatoms. The fourth-order valence-corrected chi connectivity index (χ4v) is 3.97. The lowest BCUT2D eigenvalue weighted by atomic mass is 10.2. The van der Waals surface area contributed by atoms with Gasteiger partial charge in [0.2, 0.25) is 5.91 Å². The molecule has 2 N–H and O–H groups in total. The van der Waals surface area contributed by atoms with Gasteiger partial charge in [-0.15, -0.1) is 0 Å². The van der Waals surface area contributed by atoms with Crippen molar-refractivity contribution in [1.82, 2.24) is 25.4 Å². The molecular formula is C23H41N7O. The Kier molecular flexibility index (Phi) is 10.6. The fourth-order valence-electron chi connectivity index (χ4n) is 3.97. The molecule has 0 radical (unpaired) electrons. The van der Waals surface area contributed by atoms with Gasteiger partial charge in [0, 0.05) is 77.6 Å². The number of guanidine groups is 1. The van der Waals surface area contributed by atoms with Crippen LogP contribution in [0.5, 0.6) is 0 Å². The largest absolute Gasteiger partial charge is 0.356 e. The third kappa shape index (κ3) is 8.36. The van der Waals surface area contributed by atoms with Crippen LogP contribution in [0.25, 0.3) is 0 Å². The van der Waals surface area contributed by atoms with E-state index in [2.05, 4.69) is 58.1 Å². The smallest absolute Gasteiger partial charge is 0.224 e. The highest BCUT2D eigenvalue weighted by Gasteiger charge is 2.21. The van der Waals surface area contributed by atoms with Crippen molar-refractivity contribution in [1.29, 1.82) is 0 Å². The van der Waals surface area contributed by atoms with Crippen LogP contribution in [0.3, 0.4) is 0 Å². The first-order chi connectivity index (χ1) is 14.9. The molecule has 0 unspecified atom stereocenters. The molecule has 31 heavy (non-hydrogen) atoms. The Morgan fingerprint density at radius 1 is 1.10 bits per heavy atom. The van der Waals surface area contributed by atoms with E-state index < -0.39 is 0 Å². The first kappa shape index (κ1) is 24.9. The van der Waals surface area contributed by atoms with E-state index in [0.717, 1.165) is 57.5 Å². The van der Waals surface area contributed by atoms with Crippen molar-refractivity contribution in [2.45, 2.75) is 52.6 Å². The second-order valence-corrected chi connectivity index (χ2v) is 8.51. The minimum Gasteiger partial charge on any atom is -0.356 e. The van der Waals surface area contributed by atoms with Gasteiger partial charge in [-0.25, -0.2) is 4.98 Å². The molecule has 1 amide bonds. The fraction of sp³-hybridized carbons (Fsp3) is 0.696. The number of aliphatic imine (C=N–C) groups is 1. The maximum absolute atomic E-state index is 12.6. The van der Waals surface area contributed by atoms with Gasteiger partial charge in [0.25, 0.3) is 0 Å². The van der Waals surface area contributed by atoms with Gasteiger partial charge in [0.1, 0.15) is 5.82 Å². The molecule has 0 saturated carbocycles. The number of carbonyl (C=O) groups excluding carboxylic acids is 1. The van der Waals surface area contributed by atoms with Gasteiger partial charge in [-0.3, -0.25) is 14.7 Å². The van der Waals surface area contributed by atoms with Crippen LogP contribution in [-0.4, -0.2) is 91.6 Å². The van der Waals surface area contributed by atoms with Crippen molar-refractivity contribution >= 4 is 17.7 Å². The number of carbonyl (C=O) groups is 1. The molecule has 0 aromatic carbocycles. The van der Waals surface area contributed by atoms with E-state index in [9.17, 15) is 4.79 Å². The summed E-state index contributed by atoms with van der Waals surface area (Å²) in [6.07, 6.45) is 3.33. The van der Waals surface area contributed by atoms with Crippen LogP contribution in [0.4, 0.5) is 5.82 Å². The Hall–Kier alpha value is -2.35. The summed E-state index contributed by atoms with van der Waals surface area (Å²) in [7, 11) is 1.77. The SMILES string of the molecule is CN=C(NCCCN(C(C)C)C(C)C)NCCC(=O)N1CCN(c2ccccn2)CC1. The van der Waals surface area contributed by atoms with Crippen LogP contribution in [0, 0.1) is 0 Å². The Bertz CT molecular complexity index is 662. The highest BCUT2D eigenvalue weighted by molar-refractivity contribution is 5.81. The molecule has 1 saturated heterocycles. The average molecular weight is 432 g/mol. The summed E-state index contributed by atoms with van der Waals surface area (Å²) < 4.78 is 0. The Morgan fingerprint density at radius 2 is 1.77 bits per heavy atom. The van der Waals surface area contributed by atoms with E-state index in [1.54, 1.807) is 7.05 Å². The average Bonchev–Trinajstić information content (AvgIpc) is 2.77. The minimum absolute atomic E-state index is 0.188. The Morgan fingerprint density at radius 3 is 2.35 bits per heavy atom. The van der Waals surface area contributed by atoms with Crippen molar-refractivity contribution in [2.75, 3.05) is 57.8 Å². The number of nitrogens with zero attached hydrogens (tertiary/aromatic N) is 5. The van der Waals surface area contributed by atoms with Crippen LogP contribution in [0.15, 0.2) is 29.4 Å². The van der Waals surface area contributed by atoms with Crippen LogP contribution < -0.4 is 15.5 Å². The number of pyridine rings is 1. The summed E-state index contributed by atoms with van der Waals surface area (Å²) in [6, 6.07) is 7.04. The summed E-state index contributed by atoms with van der Waals surface area (Å²) in [4.78, 5) is 27.9. The zero-order chi connectivity index (χ0) is 22.6. The summed E-state index contributed by atoms with van der Waals surface area (Å²) in [6.45, 7) is 14.6. The Balaban J connectivity index is 1.62. The summed E-state index contributed by atoms with van der Waals surface area (Å²) in [5, 5.41) is 6.62. The van der Waals surface area contributed by atoms with Crippen LogP contribution in [0.2, 0.25) is 0 Å². The number of amides is 1. The first-order valence-electron chi connectivity index (χ1n) is 11.6. The standard InChI is InChI=1S/C23H41N7O/c1-19(2)30(20(3)4)14-8-12-26-23(24-5)27-13-10-22(31)29-17-15-28(16-18-29)21-9-6-7-11-25-21/h6-7,9,11,19-20H,8,10,12-18H2,1-5H3,(H2,24,26,27). The molecule has 2 heterocycles. The molecule has 174 valence electrons. The molecule has 1 aliphatic heterocycles. The van der Waals surface area contributed by atoms with Gasteiger partial charge < -0.3 is 20.4 Å². The number of hydrogen-bond donors (Lipinski definition) is 2. The number of rotatable bonds is 10. The molecule has 0 spiro atoms. The molecule has 2 rings (SSSR count). The predicted molar refractivity (Wildman–Crippen MR) is 129 cm³/mol. The number of nitrogens with one attached hydrogen (secondary N) is 2. The van der Waals surface area contributed by atoms with Crippen molar-refractivity contribution < 1.29 is 4.79 Å². The highest BCUT2D eigenvalue weighted by atomic mass is 16.2. The number of piperazine rings is 1. The third-order valence-electron chi connectivity index (χ3n) is 5.67. The first-order valence-corrected chi connectivity index (χ1v) is 11.6. The van der Waals surface area contributed by atoms with E-state index >= 15 is 0 Å². The molecule has 1 fully saturated rings. The number of anilines is 1. The molecule has 0 atom stereocenters. The molecule has 1 aliphatic rings. The monoisotopic (exact) mass is 431 g/mol. The molecule has 0 bridgehead atoms. The van der Waals surface area contributed by atoms with Gasteiger partial charge in [-0.1, -0.05) is 6.07 Å². The lowest BCUT2D eigenvalue weighted by Gasteiger charge is -2.35. The predicted octanol–water partition coefficient (Wildman–Crippen LogP) is 1.79. The summed E-state index contributed by atoms with van der Waals surface area (Å²) in [5.74, 6) is 1.93. The highest BCUT2D eigenvalue weighted by Crippen LogP contribution is 2.12. The van der Waals surface area contributed by atoms with E-state index in [0.29, 0.717) is 25.0 Å². The quantitative estimate of drug-likeness (QED) is 0.334. The topological polar surface area (TPSA) is 76.1 Å². The minimum atomic E-state index is 0.188. The van der Waals surface area contributed by atoms with Crippen LogP contribution >= 0.6 is 0 Å². The van der Waals surface area contributed by atoms with E-state index in [4.69, 9.17) is 0 Å². The van der Waals surface area contributed by atoms with Gasteiger partial charge >= 0.3 is 0 Å². The molecule has 8 nitrogen and oxygen atoms in total. The van der Waals surface area contributed by atoms with Gasteiger partial charge in [-0.2, -0.15) is 0 Å². The summed E-state index contributed by atoms with van der Waals surface area (Å²) >= 11 is 0. The Labute approximate surface area is 188 Å². The van der Waals surface area contributed by atoms with E-state index in [1.165, 1.54) is 0 Å². The van der Waals surface area contributed by atoms with Crippen LogP contribution in [-0.2, 0) is 4.79 Å². The van der Waals surface area contributed by atoms with E-state index in [-0.39, 0.29) is 5.91 Å². The van der Waals surface area contributed by atoms with Gasteiger partial charge in [0.05, 0.1) is 0 Å². The third-order valence-corrected chi connectivity index (χ3v) is 5.67. The zero-order valence-corrected chi connectivity index (χ0v) is 20.0. The maximum Gasteiger partial charge on any atom is 0.224 e. The zero-order valence-electron chi connectivity index (χ0n) is 20.0. The second kappa shape index (κ2) is 13.1. The lowest BCUT2D eigenvalue weighted by molar-refractivity contribution is -0.131. The van der Waals surface area contributed by atoms with E-state index in [1.807, 2.05) is 29.3 Å². The van der Waals surface area contributed by atoms with Gasteiger partial charge in [0.15, 0.2) is 5.96 Å². The molecular weight excluding hydrogens is 390 g/mol. The van der Waals surface area contributed by atoms with Crippen molar-refractivity contribution in [3.05, 3.63) is 24.4 Å². The second-order valence-electron chi connectivity index (χ2n) is 8.51. The molecule has 0 aliphatic carbocycles. The van der Waals surface area contributed by atoms with Crippen molar-refractivity contribution in [3.8, 4) is 0 Å². The number of hydrogen-bond acceptors (Lipinski definition) is 5. The normalized spacial score (nSPS) is 15.2. The maximum atomic E-state index is 12.6. The van der Waals surface area contributed by atoms with Crippen molar-refractivity contribution in [2.24, 2.45) is 4.99 Å². The van der Waals surface area contributed by atoms with Gasteiger partial charge in [-0.05, 0) is 46.2 Å². The number of aromatic nitrogens is 1. The van der Waals surface area contributed by atoms with Crippen LogP contribution in [0.1, 0.15) is 40.5 Å². The molecule has 1 aromatic rings. The summed E-state index contributed by atoms with van der Waals surface area (Å²) in [5.41, 5.74) is 0. The lowest BCUT2D eigenvalue weighted by Crippen LogP contribution is -2.49. The molecule has 1 aromatic heterocycles.